The van der Waals surface area contributed by atoms with Crippen molar-refractivity contribution in [2.75, 3.05) is 6.54 Å². The first-order valence-corrected chi connectivity index (χ1v) is 9.10. The van der Waals surface area contributed by atoms with Gasteiger partial charge in [0.05, 0.1) is 0 Å². The molecule has 0 radical (unpaired) electrons. The maximum atomic E-state index is 3.84. The van der Waals surface area contributed by atoms with Crippen LogP contribution >= 0.6 is 0 Å². The van der Waals surface area contributed by atoms with Crippen LogP contribution in [0.15, 0.2) is 24.3 Å². The molecule has 0 spiro atoms. The predicted molar refractivity (Wildman–Crippen MR) is 92.6 cm³/mol. The van der Waals surface area contributed by atoms with E-state index in [4.69, 9.17) is 0 Å². The van der Waals surface area contributed by atoms with E-state index < -0.39 is 0 Å². The summed E-state index contributed by atoms with van der Waals surface area (Å²) in [5.74, 6) is 1.77. The third-order valence-corrected chi connectivity index (χ3v) is 5.23. The monoisotopic (exact) mass is 287 g/mol. The van der Waals surface area contributed by atoms with Crippen LogP contribution in [-0.2, 0) is 6.42 Å². The Bertz CT molecular complexity index is 395. The number of benzene rings is 1. The largest absolute Gasteiger partial charge is 0.310 e. The van der Waals surface area contributed by atoms with E-state index in [0.717, 1.165) is 24.8 Å². The lowest BCUT2D eigenvalue weighted by atomic mass is 9.75. The zero-order valence-electron chi connectivity index (χ0n) is 14.2. The normalized spacial score (nSPS) is 24.0. The third-order valence-electron chi connectivity index (χ3n) is 5.23. The van der Waals surface area contributed by atoms with E-state index in [1.165, 1.54) is 49.7 Å². The molecule has 1 nitrogen and oxygen atoms in total. The van der Waals surface area contributed by atoms with Crippen LogP contribution in [0.4, 0.5) is 0 Å². The molecular formula is C20H33N. The van der Waals surface area contributed by atoms with Crippen LogP contribution in [0.1, 0.15) is 76.5 Å². The second kappa shape index (κ2) is 8.58. The molecule has 0 amide bonds. The average Bonchev–Trinajstić information content (AvgIpc) is 2.56. The molecule has 1 saturated carbocycles. The summed E-state index contributed by atoms with van der Waals surface area (Å²) in [6.07, 6.45) is 9.37. The van der Waals surface area contributed by atoms with Gasteiger partial charge in [-0.15, -0.1) is 0 Å². The number of hydrogen-bond acceptors (Lipinski definition) is 1. The Hall–Kier alpha value is -0.820. The number of hydrogen-bond donors (Lipinski definition) is 1. The van der Waals surface area contributed by atoms with Gasteiger partial charge in [-0.05, 0) is 55.2 Å². The molecule has 21 heavy (non-hydrogen) atoms. The molecule has 1 heteroatoms. The molecule has 2 rings (SSSR count). The Morgan fingerprint density at radius 2 is 1.86 bits per heavy atom. The molecule has 0 bridgehead atoms. The van der Waals surface area contributed by atoms with Crippen molar-refractivity contribution in [3.63, 3.8) is 0 Å². The fourth-order valence-corrected chi connectivity index (χ4v) is 3.82. The maximum Gasteiger partial charge on any atom is 0.0348 e. The zero-order chi connectivity index (χ0) is 15.1. The van der Waals surface area contributed by atoms with E-state index >= 15 is 0 Å². The van der Waals surface area contributed by atoms with Crippen molar-refractivity contribution in [1.82, 2.24) is 5.32 Å². The smallest absolute Gasteiger partial charge is 0.0348 e. The molecule has 0 heterocycles. The van der Waals surface area contributed by atoms with Gasteiger partial charge in [0.25, 0.3) is 0 Å². The van der Waals surface area contributed by atoms with E-state index in [1.807, 2.05) is 0 Å². The van der Waals surface area contributed by atoms with Gasteiger partial charge in [0.15, 0.2) is 0 Å². The minimum Gasteiger partial charge on any atom is -0.310 e. The maximum absolute atomic E-state index is 3.84. The summed E-state index contributed by atoms with van der Waals surface area (Å²) in [6.45, 7) is 7.99. The van der Waals surface area contributed by atoms with Crippen molar-refractivity contribution in [1.29, 1.82) is 0 Å². The molecule has 3 unspecified atom stereocenters. The average molecular weight is 287 g/mol. The van der Waals surface area contributed by atoms with Crippen LogP contribution in [0.2, 0.25) is 0 Å². The Morgan fingerprint density at radius 1 is 1.10 bits per heavy atom. The quantitative estimate of drug-likeness (QED) is 0.697. The first-order chi connectivity index (χ1) is 10.3. The van der Waals surface area contributed by atoms with E-state index in [1.54, 1.807) is 0 Å². The highest BCUT2D eigenvalue weighted by molar-refractivity contribution is 5.25. The second-order valence-corrected chi connectivity index (χ2v) is 6.73. The molecule has 1 aliphatic rings. The predicted octanol–water partition coefficient (Wildman–Crippen LogP) is 5.51. The van der Waals surface area contributed by atoms with Crippen molar-refractivity contribution in [2.24, 2.45) is 11.8 Å². The van der Waals surface area contributed by atoms with Crippen molar-refractivity contribution >= 4 is 0 Å². The van der Waals surface area contributed by atoms with E-state index in [-0.39, 0.29) is 0 Å². The molecule has 1 aromatic carbocycles. The summed E-state index contributed by atoms with van der Waals surface area (Å²) in [7, 11) is 0. The summed E-state index contributed by atoms with van der Waals surface area (Å²) in [6, 6.07) is 9.92. The van der Waals surface area contributed by atoms with E-state index in [9.17, 15) is 0 Å². The SMILES string of the molecule is CCCNC(c1ccc(CC)cc1)C1CCCC(CC)C1. The summed E-state index contributed by atoms with van der Waals surface area (Å²) in [5, 5.41) is 3.84. The lowest BCUT2D eigenvalue weighted by Gasteiger charge is -2.35. The van der Waals surface area contributed by atoms with Crippen LogP contribution in [0, 0.1) is 11.8 Å². The number of rotatable bonds is 7. The number of nitrogens with one attached hydrogen (secondary N) is 1. The van der Waals surface area contributed by atoms with Gasteiger partial charge >= 0.3 is 0 Å². The fraction of sp³-hybridized carbons (Fsp3) is 0.700. The van der Waals surface area contributed by atoms with Crippen LogP contribution in [0.25, 0.3) is 0 Å². The topological polar surface area (TPSA) is 12.0 Å². The number of aryl methyl sites for hydroxylation is 1. The van der Waals surface area contributed by atoms with Gasteiger partial charge in [-0.25, -0.2) is 0 Å². The lowest BCUT2D eigenvalue weighted by molar-refractivity contribution is 0.209. The van der Waals surface area contributed by atoms with Gasteiger partial charge in [-0.1, -0.05) is 64.3 Å². The third kappa shape index (κ3) is 4.57. The summed E-state index contributed by atoms with van der Waals surface area (Å²) in [4.78, 5) is 0. The van der Waals surface area contributed by atoms with Crippen LogP contribution in [-0.4, -0.2) is 6.54 Å². The zero-order valence-corrected chi connectivity index (χ0v) is 14.2. The highest BCUT2D eigenvalue weighted by Crippen LogP contribution is 2.38. The Labute approximate surface area is 131 Å². The van der Waals surface area contributed by atoms with Crippen molar-refractivity contribution in [2.45, 2.75) is 71.8 Å². The lowest BCUT2D eigenvalue weighted by Crippen LogP contribution is -2.32. The highest BCUT2D eigenvalue weighted by Gasteiger charge is 2.28. The first kappa shape index (κ1) is 16.5. The van der Waals surface area contributed by atoms with Crippen LogP contribution in [0.3, 0.4) is 0 Å². The molecule has 1 fully saturated rings. The standard InChI is InChI=1S/C20H33N/c1-4-14-21-20(18-12-10-16(5-2)11-13-18)19-9-7-8-17(6-3)15-19/h10-13,17,19-21H,4-9,14-15H2,1-3H3. The summed E-state index contributed by atoms with van der Waals surface area (Å²) < 4.78 is 0. The molecule has 0 saturated heterocycles. The van der Waals surface area contributed by atoms with Gasteiger partial charge in [0.2, 0.25) is 0 Å². The van der Waals surface area contributed by atoms with Crippen molar-refractivity contribution in [3.05, 3.63) is 35.4 Å². The van der Waals surface area contributed by atoms with E-state index in [2.05, 4.69) is 50.4 Å². The molecule has 118 valence electrons. The van der Waals surface area contributed by atoms with Gasteiger partial charge in [-0.2, -0.15) is 0 Å². The van der Waals surface area contributed by atoms with Crippen LogP contribution in [0.5, 0.6) is 0 Å². The molecular weight excluding hydrogens is 254 g/mol. The first-order valence-electron chi connectivity index (χ1n) is 9.10. The van der Waals surface area contributed by atoms with Gasteiger partial charge < -0.3 is 5.32 Å². The Morgan fingerprint density at radius 3 is 2.48 bits per heavy atom. The molecule has 1 N–H and O–H groups in total. The minimum absolute atomic E-state index is 0.560. The molecule has 0 aliphatic heterocycles. The second-order valence-electron chi connectivity index (χ2n) is 6.73. The van der Waals surface area contributed by atoms with Crippen molar-refractivity contribution in [3.8, 4) is 0 Å². The highest BCUT2D eigenvalue weighted by atomic mass is 14.9. The Balaban J connectivity index is 2.12. The van der Waals surface area contributed by atoms with Gasteiger partial charge in [0.1, 0.15) is 0 Å². The summed E-state index contributed by atoms with van der Waals surface area (Å²) >= 11 is 0. The van der Waals surface area contributed by atoms with Gasteiger partial charge in [-0.3, -0.25) is 0 Å². The summed E-state index contributed by atoms with van der Waals surface area (Å²) in [5.41, 5.74) is 2.95. The molecule has 1 aromatic rings. The minimum atomic E-state index is 0.560. The molecule has 0 aromatic heterocycles. The molecule has 1 aliphatic carbocycles. The van der Waals surface area contributed by atoms with E-state index in [0.29, 0.717) is 6.04 Å². The fourth-order valence-electron chi connectivity index (χ4n) is 3.82. The van der Waals surface area contributed by atoms with Crippen LogP contribution < -0.4 is 5.32 Å². The molecule has 3 atom stereocenters. The van der Waals surface area contributed by atoms with Gasteiger partial charge in [0, 0.05) is 6.04 Å². The Kier molecular flexibility index (Phi) is 6.76. The van der Waals surface area contributed by atoms with Crippen molar-refractivity contribution < 1.29 is 0 Å².